The van der Waals surface area contributed by atoms with Gasteiger partial charge >= 0.3 is 0 Å². The van der Waals surface area contributed by atoms with E-state index in [-0.39, 0.29) is 0 Å². The first-order valence-electron chi connectivity index (χ1n) is 9.74. The van der Waals surface area contributed by atoms with Gasteiger partial charge in [-0.1, -0.05) is 35.9 Å². The molecule has 4 aromatic rings. The molecule has 0 atom stereocenters. The molecule has 0 spiro atoms. The first-order valence-corrected chi connectivity index (χ1v) is 10.1. The molecule has 0 aliphatic carbocycles. The molecule has 2 N–H and O–H groups in total. The highest BCUT2D eigenvalue weighted by Crippen LogP contribution is 2.34. The molecule has 2 aromatic heterocycles. The van der Waals surface area contributed by atoms with Crippen molar-refractivity contribution < 1.29 is 0 Å². The van der Waals surface area contributed by atoms with Crippen molar-refractivity contribution in [2.75, 3.05) is 23.7 Å². The van der Waals surface area contributed by atoms with Gasteiger partial charge in [-0.2, -0.15) is 4.98 Å². The number of fused-ring (bicyclic) bond motifs is 1. The van der Waals surface area contributed by atoms with E-state index in [2.05, 4.69) is 11.0 Å². The third-order valence-corrected chi connectivity index (χ3v) is 5.56. The Balaban J connectivity index is 1.76. The van der Waals surface area contributed by atoms with Crippen LogP contribution in [-0.2, 0) is 0 Å². The Kier molecular flexibility index (Phi) is 4.36. The third kappa shape index (κ3) is 3.19. The minimum absolute atomic E-state index is 0.531. The van der Waals surface area contributed by atoms with Gasteiger partial charge in [-0.3, -0.25) is 0 Å². The van der Waals surface area contributed by atoms with Crippen molar-refractivity contribution >= 4 is 34.4 Å². The number of halogens is 1. The molecule has 0 radical (unpaired) electrons. The van der Waals surface area contributed by atoms with E-state index < -0.39 is 0 Å². The Hall–Kier alpha value is -3.12. The number of hydrogen-bond acceptors (Lipinski definition) is 5. The highest BCUT2D eigenvalue weighted by molar-refractivity contribution is 6.30. The predicted molar refractivity (Wildman–Crippen MR) is 118 cm³/mol. The van der Waals surface area contributed by atoms with Crippen LogP contribution in [0, 0.1) is 6.92 Å². The molecule has 29 heavy (non-hydrogen) atoms. The zero-order chi connectivity index (χ0) is 20.0. The molecule has 1 fully saturated rings. The SMILES string of the molecule is Cc1cccc(-n2nc3nc(N4CCCC4)nc(-c4ccc(Cl)cc4)c3c2N)c1. The summed E-state index contributed by atoms with van der Waals surface area (Å²) in [6.45, 7) is 3.96. The topological polar surface area (TPSA) is 72.9 Å². The second-order valence-corrected chi connectivity index (χ2v) is 7.84. The van der Waals surface area contributed by atoms with Gasteiger partial charge in [0.05, 0.1) is 16.8 Å². The van der Waals surface area contributed by atoms with E-state index in [1.807, 2.05) is 49.4 Å². The summed E-state index contributed by atoms with van der Waals surface area (Å²) in [6, 6.07) is 15.7. The van der Waals surface area contributed by atoms with Crippen LogP contribution >= 0.6 is 11.6 Å². The zero-order valence-electron chi connectivity index (χ0n) is 16.1. The Labute approximate surface area is 173 Å². The molecule has 2 aromatic carbocycles. The average molecular weight is 405 g/mol. The van der Waals surface area contributed by atoms with Crippen molar-refractivity contribution in [3.05, 3.63) is 59.1 Å². The van der Waals surface area contributed by atoms with Crippen LogP contribution in [0.25, 0.3) is 28.0 Å². The van der Waals surface area contributed by atoms with Crippen molar-refractivity contribution in [1.82, 2.24) is 19.7 Å². The minimum atomic E-state index is 0.531. The molecule has 0 bridgehead atoms. The van der Waals surface area contributed by atoms with E-state index in [9.17, 15) is 0 Å². The molecule has 0 saturated carbocycles. The van der Waals surface area contributed by atoms with Crippen LogP contribution in [0.15, 0.2) is 48.5 Å². The van der Waals surface area contributed by atoms with E-state index in [1.165, 1.54) is 0 Å². The Morgan fingerprint density at radius 1 is 1.00 bits per heavy atom. The molecule has 146 valence electrons. The normalized spacial score (nSPS) is 14.1. The Morgan fingerprint density at radius 3 is 2.48 bits per heavy atom. The van der Waals surface area contributed by atoms with E-state index in [0.29, 0.717) is 22.4 Å². The number of anilines is 2. The smallest absolute Gasteiger partial charge is 0.228 e. The van der Waals surface area contributed by atoms with Crippen molar-refractivity contribution in [2.24, 2.45) is 0 Å². The van der Waals surface area contributed by atoms with Gasteiger partial charge in [0.25, 0.3) is 0 Å². The van der Waals surface area contributed by atoms with Crippen molar-refractivity contribution in [2.45, 2.75) is 19.8 Å². The minimum Gasteiger partial charge on any atom is -0.383 e. The van der Waals surface area contributed by atoms with Gasteiger partial charge in [-0.15, -0.1) is 5.10 Å². The summed E-state index contributed by atoms with van der Waals surface area (Å²) in [5, 5.41) is 6.19. The lowest BCUT2D eigenvalue weighted by molar-refractivity contribution is 0.883. The summed E-state index contributed by atoms with van der Waals surface area (Å²) >= 11 is 6.10. The summed E-state index contributed by atoms with van der Waals surface area (Å²) < 4.78 is 1.75. The van der Waals surface area contributed by atoms with Crippen LogP contribution in [0.5, 0.6) is 0 Å². The van der Waals surface area contributed by atoms with Crippen LogP contribution in [0.3, 0.4) is 0 Å². The number of nitrogens with two attached hydrogens (primary N) is 1. The van der Waals surface area contributed by atoms with Crippen LogP contribution in [0.1, 0.15) is 18.4 Å². The fraction of sp³-hybridized carbons (Fsp3) is 0.227. The molecular weight excluding hydrogens is 384 g/mol. The van der Waals surface area contributed by atoms with Gasteiger partial charge in [0.2, 0.25) is 5.95 Å². The monoisotopic (exact) mass is 404 g/mol. The molecule has 7 heteroatoms. The lowest BCUT2D eigenvalue weighted by atomic mass is 10.1. The number of nitrogens with zero attached hydrogens (tertiary/aromatic N) is 5. The van der Waals surface area contributed by atoms with Crippen molar-refractivity contribution in [3.8, 4) is 16.9 Å². The zero-order valence-corrected chi connectivity index (χ0v) is 16.9. The molecule has 5 rings (SSSR count). The van der Waals surface area contributed by atoms with Gasteiger partial charge < -0.3 is 10.6 Å². The fourth-order valence-corrected chi connectivity index (χ4v) is 3.96. The second-order valence-electron chi connectivity index (χ2n) is 7.41. The molecular formula is C22H21ClN6. The van der Waals surface area contributed by atoms with Crippen LogP contribution in [0.4, 0.5) is 11.8 Å². The quantitative estimate of drug-likeness (QED) is 0.539. The van der Waals surface area contributed by atoms with Gasteiger partial charge in [0.1, 0.15) is 5.82 Å². The van der Waals surface area contributed by atoms with E-state index >= 15 is 0 Å². The first kappa shape index (κ1) is 17.9. The summed E-state index contributed by atoms with van der Waals surface area (Å²) in [6.07, 6.45) is 2.30. The Bertz CT molecular complexity index is 1190. The number of hydrogen-bond donors (Lipinski definition) is 1. The molecule has 0 amide bonds. The number of aryl methyl sites for hydroxylation is 1. The molecule has 0 unspecified atom stereocenters. The van der Waals surface area contributed by atoms with Crippen molar-refractivity contribution in [3.63, 3.8) is 0 Å². The van der Waals surface area contributed by atoms with Gasteiger partial charge in [-0.25, -0.2) is 9.67 Å². The molecule has 3 heterocycles. The van der Waals surface area contributed by atoms with E-state index in [4.69, 9.17) is 32.4 Å². The van der Waals surface area contributed by atoms with Gasteiger partial charge in [0.15, 0.2) is 5.65 Å². The standard InChI is InChI=1S/C22H21ClN6/c1-14-5-4-6-17(13-14)29-20(24)18-19(15-7-9-16(23)10-8-15)25-22(26-21(18)27-29)28-11-2-3-12-28/h4-10,13H,2-3,11-12,24H2,1H3. The van der Waals surface area contributed by atoms with E-state index in [0.717, 1.165) is 53.8 Å². The maximum absolute atomic E-state index is 6.57. The maximum Gasteiger partial charge on any atom is 0.228 e. The van der Waals surface area contributed by atoms with Crippen LogP contribution in [-0.4, -0.2) is 32.8 Å². The highest BCUT2D eigenvalue weighted by atomic mass is 35.5. The Morgan fingerprint density at radius 2 is 1.76 bits per heavy atom. The summed E-state index contributed by atoms with van der Waals surface area (Å²) in [5.74, 6) is 1.23. The van der Waals surface area contributed by atoms with Gasteiger partial charge in [0, 0.05) is 23.7 Å². The maximum atomic E-state index is 6.57. The van der Waals surface area contributed by atoms with E-state index in [1.54, 1.807) is 4.68 Å². The summed E-state index contributed by atoms with van der Waals surface area (Å²) in [7, 11) is 0. The first-order chi connectivity index (χ1) is 14.1. The van der Waals surface area contributed by atoms with Crippen LogP contribution < -0.4 is 10.6 Å². The molecule has 6 nitrogen and oxygen atoms in total. The fourth-order valence-electron chi connectivity index (χ4n) is 3.83. The van der Waals surface area contributed by atoms with Crippen LogP contribution in [0.2, 0.25) is 5.02 Å². The largest absolute Gasteiger partial charge is 0.383 e. The second kappa shape index (κ2) is 7.04. The molecule has 1 aliphatic rings. The number of rotatable bonds is 3. The third-order valence-electron chi connectivity index (χ3n) is 5.31. The number of aromatic nitrogens is 4. The van der Waals surface area contributed by atoms with Gasteiger partial charge in [-0.05, 0) is 49.6 Å². The summed E-state index contributed by atoms with van der Waals surface area (Å²) in [5.41, 5.74) is 11.0. The average Bonchev–Trinajstić information content (AvgIpc) is 3.37. The number of nitrogen functional groups attached to an aromatic ring is 1. The lowest BCUT2D eigenvalue weighted by Crippen LogP contribution is -2.20. The highest BCUT2D eigenvalue weighted by Gasteiger charge is 2.22. The molecule has 1 aliphatic heterocycles. The molecule has 1 saturated heterocycles. The number of benzene rings is 2. The predicted octanol–water partition coefficient (Wildman–Crippen LogP) is 4.63. The lowest BCUT2D eigenvalue weighted by Gasteiger charge is -2.16. The van der Waals surface area contributed by atoms with Crippen molar-refractivity contribution in [1.29, 1.82) is 0 Å². The summed E-state index contributed by atoms with van der Waals surface area (Å²) in [4.78, 5) is 11.9.